The van der Waals surface area contributed by atoms with E-state index < -0.39 is 0 Å². The monoisotopic (exact) mass is 326 g/mol. The van der Waals surface area contributed by atoms with Crippen LogP contribution in [0.5, 0.6) is 5.88 Å². The first-order valence-corrected chi connectivity index (χ1v) is 6.61. The lowest BCUT2D eigenvalue weighted by molar-refractivity contribution is 0.215. The van der Waals surface area contributed by atoms with Gasteiger partial charge in [0.1, 0.15) is 31.4 Å². The van der Waals surface area contributed by atoms with Crippen LogP contribution in [0.2, 0.25) is 10.0 Å². The van der Waals surface area contributed by atoms with Gasteiger partial charge in [0.25, 0.3) is 0 Å². The van der Waals surface area contributed by atoms with Crippen molar-refractivity contribution in [1.82, 2.24) is 9.97 Å². The first-order valence-electron chi connectivity index (χ1n) is 5.85. The zero-order valence-electron chi connectivity index (χ0n) is 11.1. The van der Waals surface area contributed by atoms with Crippen LogP contribution < -0.4 is 10.5 Å². The van der Waals surface area contributed by atoms with Crippen molar-refractivity contribution in [3.8, 4) is 5.88 Å². The van der Waals surface area contributed by atoms with Gasteiger partial charge < -0.3 is 15.3 Å². The number of benzene rings is 1. The third-order valence-electron chi connectivity index (χ3n) is 2.52. The summed E-state index contributed by atoms with van der Waals surface area (Å²) in [6, 6.07) is 5.23. The van der Waals surface area contributed by atoms with Crippen LogP contribution in [0.25, 0.3) is 0 Å². The number of nitrogens with two attached hydrogens (primary N) is 1. The molecule has 0 saturated carbocycles. The molecule has 2 N–H and O–H groups in total. The van der Waals surface area contributed by atoms with Gasteiger partial charge in [0.05, 0.1) is 16.3 Å². The van der Waals surface area contributed by atoms with Gasteiger partial charge >= 0.3 is 0 Å². The van der Waals surface area contributed by atoms with E-state index in [1.165, 1.54) is 19.7 Å². The number of rotatable bonds is 5. The van der Waals surface area contributed by atoms with Crippen molar-refractivity contribution in [3.05, 3.63) is 45.7 Å². The van der Waals surface area contributed by atoms with E-state index in [1.54, 1.807) is 12.1 Å². The minimum atomic E-state index is 0.245. The van der Waals surface area contributed by atoms with Crippen molar-refractivity contribution in [2.45, 2.75) is 6.61 Å². The molecule has 1 aromatic heterocycles. The molecule has 110 valence electrons. The van der Waals surface area contributed by atoms with Gasteiger partial charge in [0.15, 0.2) is 0 Å². The van der Waals surface area contributed by atoms with Gasteiger partial charge in [-0.2, -0.15) is 0 Å². The van der Waals surface area contributed by atoms with Gasteiger partial charge in [-0.1, -0.05) is 34.4 Å². The number of aromatic nitrogens is 2. The molecule has 1 heterocycles. The molecule has 0 aliphatic rings. The lowest BCUT2D eigenvalue weighted by atomic mass is 10.2. The zero-order valence-corrected chi connectivity index (χ0v) is 12.6. The Morgan fingerprint density at radius 2 is 2.10 bits per heavy atom. The molecule has 0 atom stereocenters. The number of ether oxygens (including phenoxy) is 1. The molecule has 0 aliphatic carbocycles. The zero-order chi connectivity index (χ0) is 15.2. The van der Waals surface area contributed by atoms with Gasteiger partial charge in [-0.15, -0.1) is 0 Å². The lowest BCUT2D eigenvalue weighted by Crippen LogP contribution is -2.05. The standard InChI is InChI=1S/C13H12Cl2N4O2/c1-20-19-5-9-12(16)17-7-18-13(9)21-6-8-2-3-10(14)11(15)4-8/h2-5,7H,6H2,1H3,(H2,16,17,18). The van der Waals surface area contributed by atoms with Gasteiger partial charge in [-0.25, -0.2) is 9.97 Å². The number of nitrogens with zero attached hydrogens (tertiary/aromatic N) is 3. The molecular formula is C13H12Cl2N4O2. The van der Waals surface area contributed by atoms with Crippen molar-refractivity contribution >= 4 is 35.2 Å². The molecule has 0 bridgehead atoms. The first-order chi connectivity index (χ1) is 10.1. The maximum absolute atomic E-state index is 5.95. The Labute approximate surface area is 131 Å². The minimum absolute atomic E-state index is 0.245. The predicted octanol–water partition coefficient (Wildman–Crippen LogP) is 2.92. The average Bonchev–Trinajstić information content (AvgIpc) is 2.47. The summed E-state index contributed by atoms with van der Waals surface area (Å²) in [6.45, 7) is 0.251. The Kier molecular flexibility index (Phi) is 5.19. The van der Waals surface area contributed by atoms with E-state index in [2.05, 4.69) is 20.0 Å². The van der Waals surface area contributed by atoms with Crippen LogP contribution in [0.15, 0.2) is 29.7 Å². The molecule has 2 aromatic rings. The summed E-state index contributed by atoms with van der Waals surface area (Å²) in [5.41, 5.74) is 7.05. The first kappa shape index (κ1) is 15.3. The molecule has 6 nitrogen and oxygen atoms in total. The molecule has 21 heavy (non-hydrogen) atoms. The van der Waals surface area contributed by atoms with Crippen molar-refractivity contribution in [3.63, 3.8) is 0 Å². The van der Waals surface area contributed by atoms with E-state index in [4.69, 9.17) is 33.7 Å². The molecule has 1 aromatic carbocycles. The van der Waals surface area contributed by atoms with Crippen LogP contribution in [0.1, 0.15) is 11.1 Å². The Balaban J connectivity index is 2.17. The molecule has 0 radical (unpaired) electrons. The molecule has 0 amide bonds. The molecule has 0 spiro atoms. The second-order valence-corrected chi connectivity index (χ2v) is 4.75. The molecule has 0 saturated heterocycles. The average molecular weight is 327 g/mol. The molecule has 0 aliphatic heterocycles. The van der Waals surface area contributed by atoms with Crippen LogP contribution in [-0.2, 0) is 11.4 Å². The van der Waals surface area contributed by atoms with Gasteiger partial charge in [0.2, 0.25) is 5.88 Å². The van der Waals surface area contributed by atoms with Crippen LogP contribution in [0.3, 0.4) is 0 Å². The highest BCUT2D eigenvalue weighted by molar-refractivity contribution is 6.42. The van der Waals surface area contributed by atoms with Crippen LogP contribution in [-0.4, -0.2) is 23.3 Å². The van der Waals surface area contributed by atoms with E-state index in [1.807, 2.05) is 6.07 Å². The van der Waals surface area contributed by atoms with Crippen molar-refractivity contribution < 1.29 is 9.57 Å². The van der Waals surface area contributed by atoms with Crippen molar-refractivity contribution in [2.75, 3.05) is 12.8 Å². The Morgan fingerprint density at radius 3 is 2.81 bits per heavy atom. The number of hydrogen-bond donors (Lipinski definition) is 1. The summed E-state index contributed by atoms with van der Waals surface area (Å²) in [6.07, 6.45) is 2.70. The van der Waals surface area contributed by atoms with Gasteiger partial charge in [0, 0.05) is 0 Å². The predicted molar refractivity (Wildman–Crippen MR) is 81.8 cm³/mol. The highest BCUT2D eigenvalue weighted by atomic mass is 35.5. The molecule has 0 fully saturated rings. The summed E-state index contributed by atoms with van der Waals surface area (Å²) in [5, 5.41) is 4.59. The van der Waals surface area contributed by atoms with E-state index >= 15 is 0 Å². The Morgan fingerprint density at radius 1 is 1.29 bits per heavy atom. The maximum atomic E-state index is 5.95. The Bertz CT molecular complexity index is 665. The molecular weight excluding hydrogens is 315 g/mol. The SMILES string of the molecule is CON=Cc1c(N)ncnc1OCc1ccc(Cl)c(Cl)c1. The van der Waals surface area contributed by atoms with Crippen LogP contribution >= 0.6 is 23.2 Å². The fourth-order valence-corrected chi connectivity index (χ4v) is 1.84. The summed E-state index contributed by atoms with van der Waals surface area (Å²) >= 11 is 11.8. The largest absolute Gasteiger partial charge is 0.472 e. The maximum Gasteiger partial charge on any atom is 0.228 e. The molecule has 2 rings (SSSR count). The topological polar surface area (TPSA) is 82.6 Å². The normalized spacial score (nSPS) is 10.8. The number of hydrogen-bond acceptors (Lipinski definition) is 6. The molecule has 0 unspecified atom stereocenters. The lowest BCUT2D eigenvalue weighted by Gasteiger charge is -2.09. The number of halogens is 2. The van der Waals surface area contributed by atoms with E-state index in [-0.39, 0.29) is 12.4 Å². The summed E-state index contributed by atoms with van der Waals surface area (Å²) in [4.78, 5) is 12.5. The second kappa shape index (κ2) is 7.10. The smallest absolute Gasteiger partial charge is 0.228 e. The third kappa shape index (κ3) is 3.96. The molecule has 8 heteroatoms. The van der Waals surface area contributed by atoms with Crippen LogP contribution in [0, 0.1) is 0 Å². The Hall–Kier alpha value is -2.05. The van der Waals surface area contributed by atoms with Crippen molar-refractivity contribution in [1.29, 1.82) is 0 Å². The van der Waals surface area contributed by atoms with Crippen LogP contribution in [0.4, 0.5) is 5.82 Å². The fourth-order valence-electron chi connectivity index (χ4n) is 1.52. The summed E-state index contributed by atoms with van der Waals surface area (Å²) in [5.74, 6) is 0.546. The van der Waals surface area contributed by atoms with Gasteiger partial charge in [-0.3, -0.25) is 0 Å². The third-order valence-corrected chi connectivity index (χ3v) is 3.26. The van der Waals surface area contributed by atoms with Crippen molar-refractivity contribution in [2.24, 2.45) is 5.16 Å². The van der Waals surface area contributed by atoms with Gasteiger partial charge in [-0.05, 0) is 17.7 Å². The summed E-state index contributed by atoms with van der Waals surface area (Å²) < 4.78 is 5.62. The number of nitrogen functional groups attached to an aromatic ring is 1. The number of anilines is 1. The fraction of sp³-hybridized carbons (Fsp3) is 0.154. The number of oxime groups is 1. The highest BCUT2D eigenvalue weighted by Crippen LogP contribution is 2.24. The quantitative estimate of drug-likeness (QED) is 0.674. The summed E-state index contributed by atoms with van der Waals surface area (Å²) in [7, 11) is 1.42. The second-order valence-electron chi connectivity index (χ2n) is 3.93. The van der Waals surface area contributed by atoms with E-state index in [9.17, 15) is 0 Å². The van der Waals surface area contributed by atoms with E-state index in [0.29, 0.717) is 21.5 Å². The van der Waals surface area contributed by atoms with E-state index in [0.717, 1.165) is 5.56 Å². The highest BCUT2D eigenvalue weighted by Gasteiger charge is 2.09. The minimum Gasteiger partial charge on any atom is -0.472 e.